The van der Waals surface area contributed by atoms with Gasteiger partial charge in [-0.2, -0.15) is 0 Å². The Hall–Kier alpha value is -1.47. The van der Waals surface area contributed by atoms with Gasteiger partial charge in [0.2, 0.25) is 0 Å². The van der Waals surface area contributed by atoms with Crippen molar-refractivity contribution in [2.24, 2.45) is 29.6 Å². The largest absolute Gasteiger partial charge is 0.392 e. The molecule has 0 aromatic heterocycles. The van der Waals surface area contributed by atoms with Gasteiger partial charge in [-0.25, -0.2) is 4.79 Å². The van der Waals surface area contributed by atoms with Gasteiger partial charge in [0.15, 0.2) is 0 Å². The molecule has 2 rings (SSSR count). The molecule has 0 bridgehead atoms. The van der Waals surface area contributed by atoms with Crippen LogP contribution in [0.25, 0.3) is 0 Å². The molecule has 1 saturated carbocycles. The van der Waals surface area contributed by atoms with Gasteiger partial charge in [0.1, 0.15) is 0 Å². The summed E-state index contributed by atoms with van der Waals surface area (Å²) in [5.74, 6) is 1.52. The summed E-state index contributed by atoms with van der Waals surface area (Å²) in [5.41, 5.74) is 0. The van der Waals surface area contributed by atoms with E-state index in [1.807, 2.05) is 7.11 Å². The number of imide groups is 1. The van der Waals surface area contributed by atoms with Crippen molar-refractivity contribution in [2.45, 2.75) is 534 Å². The van der Waals surface area contributed by atoms with Gasteiger partial charge in [-0.15, -0.1) is 5.06 Å². The Morgan fingerprint density at radius 3 is 0.909 bits per heavy atom. The van der Waals surface area contributed by atoms with Crippen molar-refractivity contribution in [1.29, 1.82) is 0 Å². The zero-order chi connectivity index (χ0) is 71.2. The summed E-state index contributed by atoms with van der Waals surface area (Å²) in [6.07, 6.45) is 102. The number of ether oxygens (including phenoxy) is 1. The molecule has 1 N–H and O–H groups in total. The van der Waals surface area contributed by atoms with E-state index in [-0.39, 0.29) is 12.8 Å². The molecule has 2 fully saturated rings. The molecule has 1 aliphatic carbocycles. The number of hydroxylamine groups is 2. The molecule has 1 heterocycles. The maximum Gasteiger partial charge on any atom is 0.338 e. The molecule has 7 atom stereocenters. The number of hydrogen-bond donors (Lipinski definition) is 1. The zero-order valence-corrected chi connectivity index (χ0v) is 67.9. The van der Waals surface area contributed by atoms with Crippen LogP contribution < -0.4 is 0 Å². The van der Waals surface area contributed by atoms with E-state index in [0.717, 1.165) is 56.3 Å². The molecule has 7 heteroatoms. The average Bonchev–Trinajstić information content (AvgIpc) is 1.70. The number of amides is 2. The summed E-state index contributed by atoms with van der Waals surface area (Å²) < 4.78 is 5.99. The summed E-state index contributed by atoms with van der Waals surface area (Å²) in [7, 11) is 1.96. The highest BCUT2D eigenvalue weighted by Gasteiger charge is 2.40. The fourth-order valence-corrected chi connectivity index (χ4v) is 17.0. The topological polar surface area (TPSA) is 93.1 Å². The van der Waals surface area contributed by atoms with Crippen molar-refractivity contribution in [1.82, 2.24) is 5.06 Å². The minimum absolute atomic E-state index is 0.0809. The van der Waals surface area contributed by atoms with Crippen LogP contribution in [0.3, 0.4) is 0 Å². The fraction of sp³-hybridized carbons (Fsp3) is 0.967. The summed E-state index contributed by atoms with van der Waals surface area (Å²) in [5, 5.41) is 11.9. The van der Waals surface area contributed by atoms with E-state index in [2.05, 4.69) is 27.7 Å². The highest BCUT2D eigenvalue weighted by atomic mass is 16.7. The van der Waals surface area contributed by atoms with E-state index < -0.39 is 29.8 Å². The van der Waals surface area contributed by atoms with Crippen molar-refractivity contribution in [2.75, 3.05) is 7.11 Å². The van der Waals surface area contributed by atoms with Crippen LogP contribution in [-0.2, 0) is 24.0 Å². The molecule has 1 aliphatic heterocycles. The Bertz CT molecular complexity index is 1690. The normalized spacial score (nSPS) is 16.3. The summed E-state index contributed by atoms with van der Waals surface area (Å²) in [6.45, 7) is 9.62. The molecule has 1 saturated heterocycles. The van der Waals surface area contributed by atoms with E-state index in [0.29, 0.717) is 29.9 Å². The highest BCUT2D eigenvalue weighted by Crippen LogP contribution is 2.49. The van der Waals surface area contributed by atoms with Crippen LogP contribution in [0.15, 0.2) is 0 Å². The lowest BCUT2D eigenvalue weighted by Crippen LogP contribution is -2.38. The molecule has 2 amide bonds. The number of unbranched alkanes of at least 4 members (excludes halogenated alkanes) is 64. The molecule has 0 aromatic rings. The fourth-order valence-electron chi connectivity index (χ4n) is 17.0. The Morgan fingerprint density at radius 1 is 0.354 bits per heavy atom. The summed E-state index contributed by atoms with van der Waals surface area (Å²) in [4.78, 5) is 43.1. The number of carbonyl (C=O) groups is 3. The SMILES string of the molecule is CCCCCCCCCCCCCCCCCCCCCCCC[C@@H](C(=O)ON1C(=O)CCC1=O)[C@H](O)CCCCCCCCCCCCCCCCCC[C@@H]1CC1[C@@H](C)CCCCCCCCCCCCCCCC[C@H](OC)[C@@H](C)CCCCCCCCCCCCCCCCCC. The molecule has 0 aromatic carbocycles. The molecule has 0 spiro atoms. The smallest absolute Gasteiger partial charge is 0.338 e. The number of nitrogens with zero attached hydrogens (tertiary/aromatic N) is 1. The molecule has 2 aliphatic rings. The monoisotopic (exact) mass is 1390 g/mol. The van der Waals surface area contributed by atoms with E-state index in [1.165, 1.54) is 430 Å². The third-order valence-electron chi connectivity index (χ3n) is 24.2. The van der Waals surface area contributed by atoms with Gasteiger partial charge >= 0.3 is 5.97 Å². The van der Waals surface area contributed by atoms with E-state index in [9.17, 15) is 19.5 Å². The second-order valence-corrected chi connectivity index (χ2v) is 33.6. The number of methoxy groups -OCH3 is 1. The maximum atomic E-state index is 13.3. The van der Waals surface area contributed by atoms with Crippen molar-refractivity contribution in [3.8, 4) is 0 Å². The quantitative estimate of drug-likeness (QED) is 0.0482. The minimum atomic E-state index is -0.811. The van der Waals surface area contributed by atoms with Gasteiger partial charge in [-0.05, 0) is 55.8 Å². The Labute approximate surface area is 619 Å². The first-order chi connectivity index (χ1) is 48.7. The van der Waals surface area contributed by atoms with Crippen LogP contribution in [0.5, 0.6) is 0 Å². The lowest BCUT2D eigenvalue weighted by atomic mass is 9.91. The van der Waals surface area contributed by atoms with Crippen LogP contribution >= 0.6 is 0 Å². The molecule has 0 radical (unpaired) electrons. The molecule has 586 valence electrons. The standard InChI is InChI=1S/C92H177NO6/c1-6-8-10-12-14-16-18-20-22-24-25-26-27-28-29-34-41-47-53-59-65-71-77-86(92(97)99-93-90(95)80-81-91(93)96)88(94)78-72-66-60-54-48-42-35-31-30-33-40-46-52-58-64-70-76-85-82-87(85)83(3)74-68-62-56-50-44-38-36-37-43-49-55-61-67-73-79-89(98-5)84(4)75-69-63-57-51-45-39-32-23-21-19-17-15-13-11-9-7-2/h83-89,94H,6-82H2,1-5H3/t83-,84-,85+,86+,87?,88+,89-/m0/s1. The third kappa shape index (κ3) is 58.4. The Balaban J connectivity index is 1.31. The van der Waals surface area contributed by atoms with Crippen LogP contribution in [0.2, 0.25) is 0 Å². The minimum Gasteiger partial charge on any atom is -0.392 e. The molecular formula is C92H177NO6. The van der Waals surface area contributed by atoms with Gasteiger partial charge < -0.3 is 14.7 Å². The first-order valence-corrected chi connectivity index (χ1v) is 46.0. The van der Waals surface area contributed by atoms with Gasteiger partial charge in [0, 0.05) is 20.0 Å². The molecular weight excluding hydrogens is 1220 g/mol. The molecule has 7 nitrogen and oxygen atoms in total. The second-order valence-electron chi connectivity index (χ2n) is 33.6. The number of hydrogen-bond acceptors (Lipinski definition) is 6. The molecule has 1 unspecified atom stereocenters. The number of carbonyl (C=O) groups excluding carboxylic acids is 3. The number of aliphatic hydroxyl groups is 1. The van der Waals surface area contributed by atoms with Gasteiger partial charge in [-0.3, -0.25) is 9.59 Å². The number of aliphatic hydroxyl groups excluding tert-OH is 1. The average molecular weight is 1390 g/mol. The zero-order valence-electron chi connectivity index (χ0n) is 67.9. The van der Waals surface area contributed by atoms with Crippen molar-refractivity contribution in [3.63, 3.8) is 0 Å². The van der Waals surface area contributed by atoms with Crippen molar-refractivity contribution in [3.05, 3.63) is 0 Å². The summed E-state index contributed by atoms with van der Waals surface area (Å²) in [6, 6.07) is 0. The van der Waals surface area contributed by atoms with Gasteiger partial charge in [-0.1, -0.05) is 477 Å². The highest BCUT2D eigenvalue weighted by molar-refractivity contribution is 6.01. The van der Waals surface area contributed by atoms with Crippen LogP contribution in [-0.4, -0.2) is 47.3 Å². The van der Waals surface area contributed by atoms with E-state index in [4.69, 9.17) is 9.57 Å². The Morgan fingerprint density at radius 2 is 0.606 bits per heavy atom. The van der Waals surface area contributed by atoms with Crippen LogP contribution in [0.4, 0.5) is 0 Å². The van der Waals surface area contributed by atoms with Crippen molar-refractivity contribution < 1.29 is 29.1 Å². The second kappa shape index (κ2) is 72.1. The first kappa shape index (κ1) is 93.6. The van der Waals surface area contributed by atoms with Crippen LogP contribution in [0.1, 0.15) is 522 Å². The predicted molar refractivity (Wildman–Crippen MR) is 430 cm³/mol. The maximum absolute atomic E-state index is 13.3. The van der Waals surface area contributed by atoms with Crippen molar-refractivity contribution >= 4 is 17.8 Å². The lowest BCUT2D eigenvalue weighted by molar-refractivity contribution is -0.203. The van der Waals surface area contributed by atoms with E-state index >= 15 is 0 Å². The molecule has 99 heavy (non-hydrogen) atoms. The Kier molecular flexibility index (Phi) is 68.2. The number of rotatable bonds is 82. The van der Waals surface area contributed by atoms with Crippen LogP contribution in [0, 0.1) is 29.6 Å². The predicted octanol–water partition coefficient (Wildman–Crippen LogP) is 30.4. The van der Waals surface area contributed by atoms with Gasteiger partial charge in [0.25, 0.3) is 11.8 Å². The van der Waals surface area contributed by atoms with E-state index in [1.54, 1.807) is 0 Å². The lowest BCUT2D eigenvalue weighted by Gasteiger charge is -2.23. The summed E-state index contributed by atoms with van der Waals surface area (Å²) >= 11 is 0. The van der Waals surface area contributed by atoms with Gasteiger partial charge in [0.05, 0.1) is 18.1 Å². The third-order valence-corrected chi connectivity index (χ3v) is 24.2. The first-order valence-electron chi connectivity index (χ1n) is 46.0.